The molecule has 0 unspecified atom stereocenters. The molecule has 0 aromatic heterocycles. The third kappa shape index (κ3) is 5.14. The average Bonchev–Trinajstić information content (AvgIpc) is 2.40. The summed E-state index contributed by atoms with van der Waals surface area (Å²) in [5, 5.41) is 0. The van der Waals surface area contributed by atoms with E-state index in [9.17, 15) is 17.2 Å². The number of benzene rings is 1. The summed E-state index contributed by atoms with van der Waals surface area (Å²) in [4.78, 5) is -0.611. The van der Waals surface area contributed by atoms with E-state index in [0.29, 0.717) is 18.9 Å². The van der Waals surface area contributed by atoms with Gasteiger partial charge in [0, 0.05) is 18.2 Å². The van der Waals surface area contributed by atoms with Gasteiger partial charge in [-0.1, -0.05) is 13.8 Å². The quantitative estimate of drug-likeness (QED) is 0.712. The van der Waals surface area contributed by atoms with E-state index in [2.05, 4.69) is 20.7 Å². The van der Waals surface area contributed by atoms with E-state index < -0.39 is 32.1 Å². The summed E-state index contributed by atoms with van der Waals surface area (Å²) in [6, 6.07) is 1.41. The van der Waals surface area contributed by atoms with Crippen molar-refractivity contribution in [3.05, 3.63) is 28.2 Å². The highest BCUT2D eigenvalue weighted by molar-refractivity contribution is 9.10. The molecule has 4 nitrogen and oxygen atoms in total. The minimum Gasteiger partial charge on any atom is -0.324 e. The standard InChI is InChI=1S/C12H17BrF2N2O2S.ClH/c1-3-12(16,4-2)7-17-20(18,19)11-5-8(13)9(14)6-10(11)15;/h5-6,17H,3-4,7,16H2,1-2H3;1H. The zero-order chi connectivity index (χ0) is 15.6. The molecule has 1 aromatic rings. The Morgan fingerprint density at radius 1 is 1.24 bits per heavy atom. The van der Waals surface area contributed by atoms with Gasteiger partial charge in [-0.3, -0.25) is 0 Å². The van der Waals surface area contributed by atoms with Gasteiger partial charge in [0.05, 0.1) is 4.47 Å². The predicted molar refractivity (Wildman–Crippen MR) is 84.0 cm³/mol. The number of halogens is 4. The number of sulfonamides is 1. The van der Waals surface area contributed by atoms with Gasteiger partial charge >= 0.3 is 0 Å². The Labute approximate surface area is 138 Å². The molecule has 0 bridgehead atoms. The van der Waals surface area contributed by atoms with Gasteiger partial charge in [0.1, 0.15) is 16.5 Å². The van der Waals surface area contributed by atoms with E-state index in [1.54, 1.807) is 0 Å². The first-order valence-corrected chi connectivity index (χ1v) is 8.36. The van der Waals surface area contributed by atoms with Crippen molar-refractivity contribution in [3.8, 4) is 0 Å². The Balaban J connectivity index is 0.00000400. The fraction of sp³-hybridized carbons (Fsp3) is 0.500. The van der Waals surface area contributed by atoms with Crippen LogP contribution in [0.25, 0.3) is 0 Å². The topological polar surface area (TPSA) is 72.2 Å². The summed E-state index contributed by atoms with van der Waals surface area (Å²) in [5.74, 6) is -2.01. The van der Waals surface area contributed by atoms with E-state index in [1.807, 2.05) is 13.8 Å². The van der Waals surface area contributed by atoms with E-state index in [-0.39, 0.29) is 23.4 Å². The monoisotopic (exact) mass is 406 g/mol. The molecule has 1 rings (SSSR count). The molecule has 0 fully saturated rings. The van der Waals surface area contributed by atoms with Crippen LogP contribution in [0.4, 0.5) is 8.78 Å². The number of nitrogens with two attached hydrogens (primary N) is 1. The van der Waals surface area contributed by atoms with Crippen LogP contribution in [-0.2, 0) is 10.0 Å². The van der Waals surface area contributed by atoms with Crippen molar-refractivity contribution in [1.82, 2.24) is 4.72 Å². The minimum absolute atomic E-state index is 0. The van der Waals surface area contributed by atoms with Crippen molar-refractivity contribution in [1.29, 1.82) is 0 Å². The van der Waals surface area contributed by atoms with Crippen molar-refractivity contribution in [2.75, 3.05) is 6.54 Å². The normalized spacial score (nSPS) is 12.1. The van der Waals surface area contributed by atoms with Crippen molar-refractivity contribution in [2.24, 2.45) is 5.73 Å². The van der Waals surface area contributed by atoms with Crippen LogP contribution < -0.4 is 10.5 Å². The lowest BCUT2D eigenvalue weighted by Crippen LogP contribution is -2.49. The van der Waals surface area contributed by atoms with Gasteiger partial charge < -0.3 is 5.73 Å². The van der Waals surface area contributed by atoms with Crippen LogP contribution in [-0.4, -0.2) is 20.5 Å². The zero-order valence-corrected chi connectivity index (χ0v) is 14.8. The Bertz CT molecular complexity index is 595. The van der Waals surface area contributed by atoms with Gasteiger partial charge in [-0.2, -0.15) is 0 Å². The maximum atomic E-state index is 13.6. The summed E-state index contributed by atoms with van der Waals surface area (Å²) in [6.07, 6.45) is 1.14. The second-order valence-corrected chi connectivity index (χ2v) is 7.18. The Morgan fingerprint density at radius 3 is 2.24 bits per heavy atom. The second-order valence-electron chi connectivity index (χ2n) is 4.59. The molecule has 21 heavy (non-hydrogen) atoms. The van der Waals surface area contributed by atoms with E-state index in [4.69, 9.17) is 5.73 Å². The van der Waals surface area contributed by atoms with Gasteiger partial charge in [0.15, 0.2) is 0 Å². The molecule has 0 spiro atoms. The zero-order valence-electron chi connectivity index (χ0n) is 11.6. The molecule has 3 N–H and O–H groups in total. The van der Waals surface area contributed by atoms with Crippen LogP contribution >= 0.6 is 28.3 Å². The Kier molecular flexibility index (Phi) is 7.72. The lowest BCUT2D eigenvalue weighted by atomic mass is 9.95. The van der Waals surface area contributed by atoms with Crippen molar-refractivity contribution >= 4 is 38.4 Å². The molecule has 9 heteroatoms. The summed E-state index contributed by atoms with van der Waals surface area (Å²) in [7, 11) is -4.09. The SMILES string of the molecule is CCC(N)(CC)CNS(=O)(=O)c1cc(Br)c(F)cc1F.Cl. The molecule has 0 saturated carbocycles. The van der Waals surface area contributed by atoms with E-state index >= 15 is 0 Å². The van der Waals surface area contributed by atoms with Crippen LogP contribution in [0, 0.1) is 11.6 Å². The highest BCUT2D eigenvalue weighted by atomic mass is 79.9. The fourth-order valence-electron chi connectivity index (χ4n) is 1.53. The second kappa shape index (κ2) is 7.82. The molecule has 0 atom stereocenters. The predicted octanol–water partition coefficient (Wildman–Crippen LogP) is 2.94. The maximum Gasteiger partial charge on any atom is 0.243 e. The number of hydrogen-bond donors (Lipinski definition) is 2. The number of nitrogens with one attached hydrogen (secondary N) is 1. The lowest BCUT2D eigenvalue weighted by molar-refractivity contribution is 0.391. The summed E-state index contributed by atoms with van der Waals surface area (Å²) >= 11 is 2.83. The number of hydrogen-bond acceptors (Lipinski definition) is 3. The first-order valence-electron chi connectivity index (χ1n) is 6.08. The molecule has 0 aliphatic carbocycles. The van der Waals surface area contributed by atoms with Gasteiger partial charge in [-0.05, 0) is 34.8 Å². The molecule has 122 valence electrons. The van der Waals surface area contributed by atoms with Crippen LogP contribution in [0.5, 0.6) is 0 Å². The summed E-state index contributed by atoms with van der Waals surface area (Å²) < 4.78 is 52.9. The first kappa shape index (κ1) is 20.7. The van der Waals surface area contributed by atoms with Crippen LogP contribution in [0.15, 0.2) is 21.5 Å². The van der Waals surface area contributed by atoms with Crippen LogP contribution in [0.2, 0.25) is 0 Å². The Morgan fingerprint density at radius 2 is 1.76 bits per heavy atom. The van der Waals surface area contributed by atoms with Gasteiger partial charge in [0.2, 0.25) is 10.0 Å². The lowest BCUT2D eigenvalue weighted by Gasteiger charge is -2.26. The maximum absolute atomic E-state index is 13.6. The highest BCUT2D eigenvalue weighted by Crippen LogP contribution is 2.23. The van der Waals surface area contributed by atoms with Crippen LogP contribution in [0.3, 0.4) is 0 Å². The van der Waals surface area contributed by atoms with Crippen LogP contribution in [0.1, 0.15) is 26.7 Å². The number of rotatable bonds is 6. The molecule has 0 aliphatic rings. The molecular weight excluding hydrogens is 390 g/mol. The van der Waals surface area contributed by atoms with Gasteiger partial charge in [-0.15, -0.1) is 12.4 Å². The molecule has 0 radical (unpaired) electrons. The molecule has 0 amide bonds. The smallest absolute Gasteiger partial charge is 0.243 e. The fourth-order valence-corrected chi connectivity index (χ4v) is 3.24. The van der Waals surface area contributed by atoms with Gasteiger partial charge in [-0.25, -0.2) is 21.9 Å². The first-order chi connectivity index (χ1) is 9.15. The van der Waals surface area contributed by atoms with Gasteiger partial charge in [0.25, 0.3) is 0 Å². The van der Waals surface area contributed by atoms with Crippen molar-refractivity contribution in [3.63, 3.8) is 0 Å². The Hall–Kier alpha value is -0.280. The third-order valence-electron chi connectivity index (χ3n) is 3.29. The third-order valence-corrected chi connectivity index (χ3v) is 5.31. The molecular formula is C12H18BrClF2N2O2S. The van der Waals surface area contributed by atoms with E-state index in [1.165, 1.54) is 0 Å². The molecule has 0 heterocycles. The summed E-state index contributed by atoms with van der Waals surface area (Å²) in [6.45, 7) is 3.66. The van der Waals surface area contributed by atoms with Crippen molar-refractivity contribution in [2.45, 2.75) is 37.1 Å². The molecule has 1 aromatic carbocycles. The summed E-state index contributed by atoms with van der Waals surface area (Å²) in [5.41, 5.74) is 5.29. The highest BCUT2D eigenvalue weighted by Gasteiger charge is 2.26. The van der Waals surface area contributed by atoms with Crippen molar-refractivity contribution < 1.29 is 17.2 Å². The minimum atomic E-state index is -4.09. The largest absolute Gasteiger partial charge is 0.324 e. The molecule has 0 aliphatic heterocycles. The average molecular weight is 408 g/mol. The molecule has 0 saturated heterocycles. The van der Waals surface area contributed by atoms with E-state index in [0.717, 1.165) is 6.07 Å².